The number of pyridine rings is 1. The zero-order chi connectivity index (χ0) is 24.5. The van der Waals surface area contributed by atoms with E-state index < -0.39 is 6.17 Å². The molecule has 9 heteroatoms. The molecule has 2 aliphatic rings. The lowest BCUT2D eigenvalue weighted by Gasteiger charge is -2.16. The van der Waals surface area contributed by atoms with Crippen molar-refractivity contribution in [2.75, 3.05) is 12.4 Å². The molecule has 1 aliphatic heterocycles. The Hall–Kier alpha value is -4.79. The van der Waals surface area contributed by atoms with Crippen molar-refractivity contribution in [2.24, 2.45) is 4.99 Å². The van der Waals surface area contributed by atoms with Crippen LogP contribution in [0.3, 0.4) is 0 Å². The van der Waals surface area contributed by atoms with Crippen LogP contribution in [0.1, 0.15) is 18.4 Å². The van der Waals surface area contributed by atoms with Gasteiger partial charge in [0, 0.05) is 34.0 Å². The number of carbonyl (C=O) groups is 1. The van der Waals surface area contributed by atoms with Gasteiger partial charge in [-0.3, -0.25) is 9.78 Å². The first-order valence-electron chi connectivity index (χ1n) is 11.6. The van der Waals surface area contributed by atoms with E-state index >= 15 is 0 Å². The van der Waals surface area contributed by atoms with Crippen LogP contribution in [0.15, 0.2) is 93.6 Å². The van der Waals surface area contributed by atoms with Gasteiger partial charge >= 0.3 is 6.01 Å². The average molecular weight is 479 g/mol. The van der Waals surface area contributed by atoms with Crippen LogP contribution < -0.4 is 15.4 Å². The SMILES string of the molecule is COc1ccc2nccc(-c3nnc(NC4N=C(c5ccccc5)C5=CCCC=C5NC4=O)o3)c2c1. The molecule has 0 bridgehead atoms. The predicted molar refractivity (Wildman–Crippen MR) is 136 cm³/mol. The fourth-order valence-corrected chi connectivity index (χ4v) is 4.35. The van der Waals surface area contributed by atoms with Crippen LogP contribution in [0.25, 0.3) is 22.4 Å². The molecule has 2 aromatic heterocycles. The number of benzene rings is 2. The van der Waals surface area contributed by atoms with Crippen molar-refractivity contribution < 1.29 is 13.9 Å². The Bertz CT molecular complexity index is 1550. The fourth-order valence-electron chi connectivity index (χ4n) is 4.35. The van der Waals surface area contributed by atoms with E-state index in [1.54, 1.807) is 19.4 Å². The number of anilines is 1. The largest absolute Gasteiger partial charge is 0.497 e. The van der Waals surface area contributed by atoms with Crippen LogP contribution in [0, 0.1) is 0 Å². The Morgan fingerprint density at radius 3 is 2.78 bits per heavy atom. The number of nitrogens with one attached hydrogen (secondary N) is 2. The number of allylic oxidation sites excluding steroid dienone is 3. The molecule has 0 saturated heterocycles. The number of aromatic nitrogens is 3. The Labute approximate surface area is 206 Å². The van der Waals surface area contributed by atoms with Gasteiger partial charge in [0.1, 0.15) is 5.75 Å². The molecular formula is C27H22N6O3. The zero-order valence-corrected chi connectivity index (χ0v) is 19.4. The highest BCUT2D eigenvalue weighted by Gasteiger charge is 2.29. The van der Waals surface area contributed by atoms with Gasteiger partial charge in [0.15, 0.2) is 0 Å². The third kappa shape index (κ3) is 4.00. The number of ether oxygens (including phenoxy) is 1. The van der Waals surface area contributed by atoms with Crippen LogP contribution >= 0.6 is 0 Å². The van der Waals surface area contributed by atoms with Gasteiger partial charge in [-0.15, -0.1) is 5.10 Å². The summed E-state index contributed by atoms with van der Waals surface area (Å²) in [7, 11) is 1.61. The Morgan fingerprint density at radius 1 is 1.06 bits per heavy atom. The van der Waals surface area contributed by atoms with E-state index in [1.807, 2.05) is 54.6 Å². The maximum atomic E-state index is 13.1. The maximum absolute atomic E-state index is 13.1. The molecule has 1 aliphatic carbocycles. The minimum Gasteiger partial charge on any atom is -0.497 e. The summed E-state index contributed by atoms with van der Waals surface area (Å²) in [5.74, 6) is 0.676. The summed E-state index contributed by atoms with van der Waals surface area (Å²) >= 11 is 0. The number of methoxy groups -OCH3 is 1. The van der Waals surface area contributed by atoms with Crippen LogP contribution in [0.2, 0.25) is 0 Å². The van der Waals surface area contributed by atoms with E-state index in [1.165, 1.54) is 0 Å². The standard InChI is InChI=1S/C27H22N6O3/c1-35-17-11-12-21-20(15-17)18(13-14-28-21)26-32-33-27(36-26)31-24-25(34)29-22-10-6-5-9-19(22)23(30-24)16-7-3-2-4-8-16/h2-4,7-15,24H,5-6H2,1H3,(H,29,34)(H,31,33). The lowest BCUT2D eigenvalue weighted by molar-refractivity contribution is -0.120. The normalized spacial score (nSPS) is 17.3. The van der Waals surface area contributed by atoms with Crippen molar-refractivity contribution in [1.29, 1.82) is 0 Å². The van der Waals surface area contributed by atoms with Crippen molar-refractivity contribution in [3.05, 3.63) is 89.8 Å². The van der Waals surface area contributed by atoms with Crippen molar-refractivity contribution in [3.63, 3.8) is 0 Å². The van der Waals surface area contributed by atoms with E-state index in [2.05, 4.69) is 31.9 Å². The quantitative estimate of drug-likeness (QED) is 0.441. The molecule has 1 atom stereocenters. The summed E-state index contributed by atoms with van der Waals surface area (Å²) in [5.41, 5.74) is 4.80. The van der Waals surface area contributed by atoms with Crippen LogP contribution in [0.5, 0.6) is 5.75 Å². The maximum Gasteiger partial charge on any atom is 0.317 e. The molecule has 0 saturated carbocycles. The average Bonchev–Trinajstić information content (AvgIpc) is 3.34. The van der Waals surface area contributed by atoms with E-state index in [-0.39, 0.29) is 11.9 Å². The molecule has 0 radical (unpaired) electrons. The highest BCUT2D eigenvalue weighted by Crippen LogP contribution is 2.31. The summed E-state index contributed by atoms with van der Waals surface area (Å²) in [5, 5.41) is 15.1. The molecule has 36 heavy (non-hydrogen) atoms. The second-order valence-electron chi connectivity index (χ2n) is 8.35. The fraction of sp³-hybridized carbons (Fsp3) is 0.148. The number of rotatable bonds is 5. The smallest absolute Gasteiger partial charge is 0.317 e. The molecule has 178 valence electrons. The molecule has 6 rings (SSSR count). The summed E-state index contributed by atoms with van der Waals surface area (Å²) < 4.78 is 11.3. The molecule has 0 fully saturated rings. The van der Waals surface area contributed by atoms with Crippen LogP contribution in [0.4, 0.5) is 6.01 Å². The third-order valence-electron chi connectivity index (χ3n) is 6.08. The number of hydrogen-bond donors (Lipinski definition) is 2. The summed E-state index contributed by atoms with van der Waals surface area (Å²) in [4.78, 5) is 22.3. The van der Waals surface area contributed by atoms with Gasteiger partial charge in [-0.25, -0.2) is 4.99 Å². The van der Waals surface area contributed by atoms with E-state index in [9.17, 15) is 4.79 Å². The van der Waals surface area contributed by atoms with Gasteiger partial charge in [-0.1, -0.05) is 47.6 Å². The summed E-state index contributed by atoms with van der Waals surface area (Å²) in [6.45, 7) is 0. The number of carbonyl (C=O) groups excluding carboxylic acids is 1. The number of amides is 1. The number of fused-ring (bicyclic) bond motifs is 2. The third-order valence-corrected chi connectivity index (χ3v) is 6.08. The van der Waals surface area contributed by atoms with Gasteiger partial charge < -0.3 is 19.8 Å². The second kappa shape index (κ2) is 9.10. The highest BCUT2D eigenvalue weighted by molar-refractivity contribution is 6.17. The van der Waals surface area contributed by atoms with Crippen molar-refractivity contribution >= 4 is 28.5 Å². The van der Waals surface area contributed by atoms with Gasteiger partial charge in [-0.05, 0) is 37.1 Å². The monoisotopic (exact) mass is 478 g/mol. The minimum absolute atomic E-state index is 0.0852. The van der Waals surface area contributed by atoms with Crippen LogP contribution in [-0.4, -0.2) is 40.1 Å². The van der Waals surface area contributed by atoms with Crippen LogP contribution in [-0.2, 0) is 4.79 Å². The van der Waals surface area contributed by atoms with E-state index in [0.717, 1.165) is 46.3 Å². The molecule has 1 amide bonds. The number of nitrogens with zero attached hydrogens (tertiary/aromatic N) is 4. The molecule has 2 aromatic carbocycles. The number of hydrogen-bond acceptors (Lipinski definition) is 8. The first-order chi connectivity index (χ1) is 17.7. The van der Waals surface area contributed by atoms with E-state index in [4.69, 9.17) is 14.1 Å². The predicted octanol–water partition coefficient (Wildman–Crippen LogP) is 4.25. The topological polar surface area (TPSA) is 115 Å². The van der Waals surface area contributed by atoms with Crippen molar-refractivity contribution in [3.8, 4) is 17.2 Å². The lowest BCUT2D eigenvalue weighted by atomic mass is 9.95. The molecule has 3 heterocycles. The molecule has 4 aromatic rings. The molecule has 1 unspecified atom stereocenters. The Morgan fingerprint density at radius 2 is 1.92 bits per heavy atom. The highest BCUT2D eigenvalue weighted by atomic mass is 16.5. The van der Waals surface area contributed by atoms with E-state index in [0.29, 0.717) is 17.2 Å². The molecule has 2 N–H and O–H groups in total. The number of aliphatic imine (C=N–C) groups is 1. The van der Waals surface area contributed by atoms with Gasteiger partial charge in [0.2, 0.25) is 12.1 Å². The second-order valence-corrected chi connectivity index (χ2v) is 8.35. The van der Waals surface area contributed by atoms with Gasteiger partial charge in [-0.2, -0.15) is 0 Å². The molecule has 0 spiro atoms. The summed E-state index contributed by atoms with van der Waals surface area (Å²) in [6, 6.07) is 17.3. The Balaban J connectivity index is 1.36. The first kappa shape index (κ1) is 21.7. The summed E-state index contributed by atoms with van der Waals surface area (Å²) in [6.07, 6.45) is 6.60. The molecular weight excluding hydrogens is 456 g/mol. The minimum atomic E-state index is -0.963. The molecule has 9 nitrogen and oxygen atoms in total. The van der Waals surface area contributed by atoms with Gasteiger partial charge in [0.25, 0.3) is 5.91 Å². The van der Waals surface area contributed by atoms with Gasteiger partial charge in [0.05, 0.1) is 18.3 Å². The first-order valence-corrected chi connectivity index (χ1v) is 11.6. The lowest BCUT2D eigenvalue weighted by Crippen LogP contribution is -2.36. The van der Waals surface area contributed by atoms with Crippen molar-refractivity contribution in [2.45, 2.75) is 19.0 Å². The Kier molecular flexibility index (Phi) is 5.49. The van der Waals surface area contributed by atoms with Crippen molar-refractivity contribution in [1.82, 2.24) is 20.5 Å². The zero-order valence-electron chi connectivity index (χ0n) is 19.4.